The molecule has 5 heteroatoms. The van der Waals surface area contributed by atoms with Crippen molar-refractivity contribution in [2.75, 3.05) is 0 Å². The van der Waals surface area contributed by atoms with Crippen molar-refractivity contribution < 1.29 is 4.79 Å². The average molecular weight is 336 g/mol. The van der Waals surface area contributed by atoms with Crippen molar-refractivity contribution >= 4 is 21.8 Å². The normalized spacial score (nSPS) is 12.2. The van der Waals surface area contributed by atoms with Gasteiger partial charge in [0.1, 0.15) is 0 Å². The van der Waals surface area contributed by atoms with Gasteiger partial charge in [0.05, 0.1) is 17.8 Å². The zero-order valence-corrected chi connectivity index (χ0v) is 13.7. The lowest BCUT2D eigenvalue weighted by Crippen LogP contribution is -2.27. The van der Waals surface area contributed by atoms with Gasteiger partial charge in [-0.15, -0.1) is 0 Å². The molecule has 2 rings (SSSR count). The molecule has 0 saturated heterocycles. The van der Waals surface area contributed by atoms with E-state index >= 15 is 0 Å². The molecule has 4 nitrogen and oxygen atoms in total. The standard InChI is InChI=1S/C15H18BrN3O/c1-9-5-6-12(14(16)7-9)15(20)18-10(2)13-8-17-19(4)11(13)3/h5-8,10H,1-4H3,(H,18,20). The quantitative estimate of drug-likeness (QED) is 0.935. The highest BCUT2D eigenvalue weighted by Crippen LogP contribution is 2.21. The lowest BCUT2D eigenvalue weighted by Gasteiger charge is -2.14. The summed E-state index contributed by atoms with van der Waals surface area (Å²) in [5, 5.41) is 7.21. The minimum Gasteiger partial charge on any atom is -0.345 e. The first-order valence-corrected chi connectivity index (χ1v) is 7.25. The van der Waals surface area contributed by atoms with E-state index in [4.69, 9.17) is 0 Å². The number of aromatic nitrogens is 2. The van der Waals surface area contributed by atoms with Crippen LogP contribution in [0.2, 0.25) is 0 Å². The number of halogens is 1. The van der Waals surface area contributed by atoms with Crippen molar-refractivity contribution in [1.29, 1.82) is 0 Å². The molecule has 1 amide bonds. The van der Waals surface area contributed by atoms with Gasteiger partial charge in [-0.3, -0.25) is 9.48 Å². The van der Waals surface area contributed by atoms with E-state index in [-0.39, 0.29) is 11.9 Å². The lowest BCUT2D eigenvalue weighted by atomic mass is 10.1. The van der Waals surface area contributed by atoms with Crippen LogP contribution in [0.4, 0.5) is 0 Å². The predicted molar refractivity (Wildman–Crippen MR) is 82.7 cm³/mol. The van der Waals surface area contributed by atoms with Crippen LogP contribution in [-0.4, -0.2) is 15.7 Å². The number of aryl methyl sites for hydroxylation is 2. The van der Waals surface area contributed by atoms with Crippen LogP contribution < -0.4 is 5.32 Å². The third-order valence-electron chi connectivity index (χ3n) is 3.46. The van der Waals surface area contributed by atoms with E-state index in [1.54, 1.807) is 10.9 Å². The van der Waals surface area contributed by atoms with Gasteiger partial charge in [0, 0.05) is 22.8 Å². The van der Waals surface area contributed by atoms with Crippen LogP contribution in [0.5, 0.6) is 0 Å². The maximum atomic E-state index is 12.3. The summed E-state index contributed by atoms with van der Waals surface area (Å²) in [6.45, 7) is 5.95. The van der Waals surface area contributed by atoms with Crippen LogP contribution in [0.3, 0.4) is 0 Å². The van der Waals surface area contributed by atoms with Crippen molar-refractivity contribution in [2.45, 2.75) is 26.8 Å². The van der Waals surface area contributed by atoms with Crippen LogP contribution in [0.15, 0.2) is 28.9 Å². The highest BCUT2D eigenvalue weighted by molar-refractivity contribution is 9.10. The molecule has 0 bridgehead atoms. The van der Waals surface area contributed by atoms with Crippen LogP contribution >= 0.6 is 15.9 Å². The molecule has 0 aliphatic heterocycles. The minimum atomic E-state index is -0.0902. The van der Waals surface area contributed by atoms with E-state index < -0.39 is 0 Å². The molecule has 0 fully saturated rings. The second-order valence-electron chi connectivity index (χ2n) is 4.99. The third-order valence-corrected chi connectivity index (χ3v) is 4.11. The number of hydrogen-bond donors (Lipinski definition) is 1. The number of nitrogens with one attached hydrogen (secondary N) is 1. The monoisotopic (exact) mass is 335 g/mol. The molecule has 1 unspecified atom stereocenters. The maximum absolute atomic E-state index is 12.3. The molecule has 0 spiro atoms. The molecule has 0 radical (unpaired) electrons. The van der Waals surface area contributed by atoms with Gasteiger partial charge in [-0.2, -0.15) is 5.10 Å². The fraction of sp³-hybridized carbons (Fsp3) is 0.333. The van der Waals surface area contributed by atoms with Gasteiger partial charge in [0.2, 0.25) is 0 Å². The van der Waals surface area contributed by atoms with Gasteiger partial charge < -0.3 is 5.32 Å². The highest BCUT2D eigenvalue weighted by atomic mass is 79.9. The van der Waals surface area contributed by atoms with E-state index in [0.29, 0.717) is 5.56 Å². The van der Waals surface area contributed by atoms with Gasteiger partial charge in [0.25, 0.3) is 5.91 Å². The zero-order chi connectivity index (χ0) is 14.9. The van der Waals surface area contributed by atoms with Crippen LogP contribution in [0.25, 0.3) is 0 Å². The molecule has 1 atom stereocenters. The van der Waals surface area contributed by atoms with Gasteiger partial charge in [-0.05, 0) is 54.4 Å². The fourth-order valence-corrected chi connectivity index (χ4v) is 2.77. The topological polar surface area (TPSA) is 46.9 Å². The average Bonchev–Trinajstić information content (AvgIpc) is 2.69. The second kappa shape index (κ2) is 5.79. The Hall–Kier alpha value is -1.62. The third kappa shape index (κ3) is 2.93. The van der Waals surface area contributed by atoms with Gasteiger partial charge in [-0.25, -0.2) is 0 Å². The molecule has 0 aliphatic rings. The van der Waals surface area contributed by atoms with E-state index in [9.17, 15) is 4.79 Å². The van der Waals surface area contributed by atoms with Crippen LogP contribution in [0, 0.1) is 13.8 Å². The first-order valence-electron chi connectivity index (χ1n) is 6.45. The Kier molecular flexibility index (Phi) is 4.28. The molecule has 1 heterocycles. The smallest absolute Gasteiger partial charge is 0.252 e. The van der Waals surface area contributed by atoms with Gasteiger partial charge >= 0.3 is 0 Å². The Bertz CT molecular complexity index is 649. The lowest BCUT2D eigenvalue weighted by molar-refractivity contribution is 0.0939. The first kappa shape index (κ1) is 14.8. The molecule has 106 valence electrons. The second-order valence-corrected chi connectivity index (χ2v) is 5.84. The Labute approximate surface area is 127 Å². The summed E-state index contributed by atoms with van der Waals surface area (Å²) >= 11 is 3.44. The van der Waals surface area contributed by atoms with E-state index in [1.165, 1.54) is 0 Å². The Morgan fingerprint density at radius 2 is 2.10 bits per heavy atom. The molecular weight excluding hydrogens is 318 g/mol. The largest absolute Gasteiger partial charge is 0.345 e. The SMILES string of the molecule is Cc1ccc(C(=O)NC(C)c2cnn(C)c2C)c(Br)c1. The number of hydrogen-bond acceptors (Lipinski definition) is 2. The number of nitrogens with zero attached hydrogens (tertiary/aromatic N) is 2. The summed E-state index contributed by atoms with van der Waals surface area (Å²) in [5.41, 5.74) is 3.85. The minimum absolute atomic E-state index is 0.0793. The molecule has 0 aliphatic carbocycles. The van der Waals surface area contributed by atoms with E-state index in [1.807, 2.05) is 46.0 Å². The molecule has 1 N–H and O–H groups in total. The number of benzene rings is 1. The number of rotatable bonds is 3. The Balaban J connectivity index is 2.17. The predicted octanol–water partition coefficient (Wildman–Crippen LogP) is 3.29. The van der Waals surface area contributed by atoms with Crippen molar-refractivity contribution in [3.8, 4) is 0 Å². The molecule has 1 aromatic heterocycles. The van der Waals surface area contributed by atoms with Crippen LogP contribution in [-0.2, 0) is 7.05 Å². The van der Waals surface area contributed by atoms with Crippen LogP contribution in [0.1, 0.15) is 40.1 Å². The van der Waals surface area contributed by atoms with E-state index in [0.717, 1.165) is 21.3 Å². The Morgan fingerprint density at radius 1 is 1.40 bits per heavy atom. The zero-order valence-electron chi connectivity index (χ0n) is 12.1. The summed E-state index contributed by atoms with van der Waals surface area (Å²) in [7, 11) is 1.89. The summed E-state index contributed by atoms with van der Waals surface area (Å²) < 4.78 is 2.62. The highest BCUT2D eigenvalue weighted by Gasteiger charge is 2.17. The van der Waals surface area contributed by atoms with Crippen molar-refractivity contribution in [3.05, 3.63) is 51.3 Å². The van der Waals surface area contributed by atoms with Crippen molar-refractivity contribution in [2.24, 2.45) is 7.05 Å². The molecule has 0 saturated carbocycles. The summed E-state index contributed by atoms with van der Waals surface area (Å²) in [6, 6.07) is 5.62. The Morgan fingerprint density at radius 3 is 2.65 bits per heavy atom. The van der Waals surface area contributed by atoms with Gasteiger partial charge in [0.15, 0.2) is 0 Å². The molecule has 20 heavy (non-hydrogen) atoms. The molecular formula is C15H18BrN3O. The van der Waals surface area contributed by atoms with E-state index in [2.05, 4.69) is 26.3 Å². The fourth-order valence-electron chi connectivity index (χ4n) is 2.10. The van der Waals surface area contributed by atoms with Gasteiger partial charge in [-0.1, -0.05) is 6.07 Å². The summed E-state index contributed by atoms with van der Waals surface area (Å²) in [4.78, 5) is 12.3. The molecule has 2 aromatic rings. The summed E-state index contributed by atoms with van der Waals surface area (Å²) in [6.07, 6.45) is 1.80. The first-order chi connectivity index (χ1) is 9.40. The number of carbonyl (C=O) groups excluding carboxylic acids is 1. The molecule has 1 aromatic carbocycles. The number of amides is 1. The number of carbonyl (C=O) groups is 1. The summed E-state index contributed by atoms with van der Waals surface area (Å²) in [5.74, 6) is -0.0902. The maximum Gasteiger partial charge on any atom is 0.252 e. The van der Waals surface area contributed by atoms with Crippen molar-refractivity contribution in [3.63, 3.8) is 0 Å². The van der Waals surface area contributed by atoms with Crippen molar-refractivity contribution in [1.82, 2.24) is 15.1 Å².